The molecule has 0 bridgehead atoms. The summed E-state index contributed by atoms with van der Waals surface area (Å²) in [5.41, 5.74) is 4.90. The topological polar surface area (TPSA) is 55.1 Å². The van der Waals surface area contributed by atoms with Gasteiger partial charge < -0.3 is 11.1 Å². The summed E-state index contributed by atoms with van der Waals surface area (Å²) >= 11 is 0. The Balaban J connectivity index is 4.11. The van der Waals surface area contributed by atoms with E-state index in [0.717, 1.165) is 0 Å². The molecule has 0 heterocycles. The smallest absolute Gasteiger partial charge is 0.346 e. The van der Waals surface area contributed by atoms with Gasteiger partial charge in [0.05, 0.1) is 6.04 Å². The molecule has 0 saturated carbocycles. The molecule has 14 heavy (non-hydrogen) atoms. The molecular weight excluding hydrogens is 197 g/mol. The minimum Gasteiger partial charge on any atom is -0.346 e. The summed E-state index contributed by atoms with van der Waals surface area (Å²) in [5.74, 6) is -0.783. The molecule has 0 aromatic carbocycles. The van der Waals surface area contributed by atoms with Crippen molar-refractivity contribution < 1.29 is 18.0 Å². The van der Waals surface area contributed by atoms with E-state index in [4.69, 9.17) is 5.73 Å². The van der Waals surface area contributed by atoms with Crippen LogP contribution in [0.4, 0.5) is 13.2 Å². The van der Waals surface area contributed by atoms with Gasteiger partial charge in [-0.15, -0.1) is 0 Å². The number of hydrogen-bond donors (Lipinski definition) is 2. The zero-order valence-electron chi connectivity index (χ0n) is 8.40. The fraction of sp³-hybridized carbons (Fsp3) is 0.875. The summed E-state index contributed by atoms with van der Waals surface area (Å²) in [6, 6.07) is -0.940. The van der Waals surface area contributed by atoms with E-state index in [1.807, 2.05) is 0 Å². The number of nitrogens with two attached hydrogens (primary N) is 1. The predicted molar refractivity (Wildman–Crippen MR) is 46.5 cm³/mol. The lowest BCUT2D eigenvalue weighted by Gasteiger charge is -2.25. The Bertz CT molecular complexity index is 208. The van der Waals surface area contributed by atoms with Crippen LogP contribution in [0.2, 0.25) is 0 Å². The van der Waals surface area contributed by atoms with Crippen LogP contribution in [0.15, 0.2) is 0 Å². The Hall–Kier alpha value is -0.780. The first-order valence-electron chi connectivity index (χ1n) is 4.14. The molecule has 0 radical (unpaired) electrons. The van der Waals surface area contributed by atoms with Gasteiger partial charge in [-0.2, -0.15) is 13.2 Å². The minimum absolute atomic E-state index is 0.546. The van der Waals surface area contributed by atoms with E-state index in [1.165, 1.54) is 0 Å². The third-order valence-electron chi connectivity index (χ3n) is 1.68. The molecule has 0 aromatic rings. The van der Waals surface area contributed by atoms with Crippen LogP contribution in [0.1, 0.15) is 20.8 Å². The number of nitrogens with one attached hydrogen (secondary N) is 1. The Morgan fingerprint density at radius 3 is 2.07 bits per heavy atom. The van der Waals surface area contributed by atoms with Crippen LogP contribution < -0.4 is 11.1 Å². The number of amides is 1. The third kappa shape index (κ3) is 5.06. The van der Waals surface area contributed by atoms with Crippen LogP contribution in [0, 0.1) is 5.41 Å². The van der Waals surface area contributed by atoms with Gasteiger partial charge in [0.15, 0.2) is 0 Å². The van der Waals surface area contributed by atoms with Gasteiger partial charge in [0, 0.05) is 0 Å². The first-order chi connectivity index (χ1) is 6.04. The third-order valence-corrected chi connectivity index (χ3v) is 1.68. The number of carbonyl (C=O) groups excluding carboxylic acids is 1. The average molecular weight is 212 g/mol. The van der Waals surface area contributed by atoms with Crippen LogP contribution in [0.3, 0.4) is 0 Å². The van der Waals surface area contributed by atoms with Crippen LogP contribution in [0.25, 0.3) is 0 Å². The fourth-order valence-corrected chi connectivity index (χ4v) is 0.691. The molecule has 0 saturated heterocycles. The monoisotopic (exact) mass is 212 g/mol. The molecular formula is C8H15F3N2O. The zero-order valence-corrected chi connectivity index (χ0v) is 8.40. The summed E-state index contributed by atoms with van der Waals surface area (Å²) in [4.78, 5) is 11.1. The highest BCUT2D eigenvalue weighted by molar-refractivity contribution is 5.82. The maximum atomic E-state index is 11.7. The SMILES string of the molecule is CC(C)(C)C(N)C(=O)NCC(F)(F)F. The van der Waals surface area contributed by atoms with E-state index in [9.17, 15) is 18.0 Å². The van der Waals surface area contributed by atoms with E-state index < -0.39 is 30.1 Å². The predicted octanol–water partition coefficient (Wildman–Crippen LogP) is 1.04. The van der Waals surface area contributed by atoms with Gasteiger partial charge in [-0.3, -0.25) is 4.79 Å². The van der Waals surface area contributed by atoms with Gasteiger partial charge in [0.25, 0.3) is 0 Å². The van der Waals surface area contributed by atoms with Crippen molar-refractivity contribution in [2.24, 2.45) is 11.1 Å². The maximum absolute atomic E-state index is 11.7. The van der Waals surface area contributed by atoms with E-state index in [2.05, 4.69) is 0 Å². The van der Waals surface area contributed by atoms with Crippen LogP contribution in [-0.2, 0) is 4.79 Å². The highest BCUT2D eigenvalue weighted by Crippen LogP contribution is 2.18. The number of halogens is 3. The number of hydrogen-bond acceptors (Lipinski definition) is 2. The molecule has 0 aliphatic carbocycles. The molecule has 0 aromatic heterocycles. The molecule has 0 aliphatic rings. The summed E-state index contributed by atoms with van der Waals surface area (Å²) in [6.45, 7) is 3.72. The second kappa shape index (κ2) is 4.16. The molecule has 0 rings (SSSR count). The van der Waals surface area contributed by atoms with E-state index >= 15 is 0 Å². The van der Waals surface area contributed by atoms with E-state index in [1.54, 1.807) is 26.1 Å². The summed E-state index contributed by atoms with van der Waals surface area (Å²) in [6.07, 6.45) is -4.40. The lowest BCUT2D eigenvalue weighted by molar-refractivity contribution is -0.140. The van der Waals surface area contributed by atoms with Crippen LogP contribution >= 0.6 is 0 Å². The second-order valence-corrected chi connectivity index (χ2v) is 4.18. The van der Waals surface area contributed by atoms with Gasteiger partial charge in [-0.25, -0.2) is 0 Å². The summed E-state index contributed by atoms with van der Waals surface area (Å²) in [7, 11) is 0. The molecule has 1 amide bonds. The van der Waals surface area contributed by atoms with Crippen molar-refractivity contribution >= 4 is 5.91 Å². The fourth-order valence-electron chi connectivity index (χ4n) is 0.691. The minimum atomic E-state index is -4.40. The van der Waals surface area contributed by atoms with Crippen molar-refractivity contribution in [1.82, 2.24) is 5.32 Å². The standard InChI is InChI=1S/C8H15F3N2O/c1-7(2,3)5(12)6(14)13-4-8(9,10)11/h5H,4,12H2,1-3H3,(H,13,14). The number of carbonyl (C=O) groups is 1. The lowest BCUT2D eigenvalue weighted by atomic mass is 9.87. The number of alkyl halides is 3. The van der Waals surface area contributed by atoms with Gasteiger partial charge in [-0.05, 0) is 5.41 Å². The van der Waals surface area contributed by atoms with Crippen molar-refractivity contribution in [3.8, 4) is 0 Å². The lowest BCUT2D eigenvalue weighted by Crippen LogP contribution is -2.50. The van der Waals surface area contributed by atoms with Crippen LogP contribution in [0.5, 0.6) is 0 Å². The van der Waals surface area contributed by atoms with Crippen molar-refractivity contribution in [3.63, 3.8) is 0 Å². The summed E-state index contributed by atoms with van der Waals surface area (Å²) in [5, 5.41) is 1.74. The van der Waals surface area contributed by atoms with Crippen molar-refractivity contribution in [1.29, 1.82) is 0 Å². The van der Waals surface area contributed by atoms with Gasteiger partial charge in [0.2, 0.25) is 5.91 Å². The molecule has 0 aliphatic heterocycles. The normalized spacial score (nSPS) is 15.1. The van der Waals surface area contributed by atoms with Crippen molar-refractivity contribution in [2.45, 2.75) is 33.0 Å². The van der Waals surface area contributed by atoms with Crippen molar-refractivity contribution in [2.75, 3.05) is 6.54 Å². The molecule has 0 spiro atoms. The highest BCUT2D eigenvalue weighted by Gasteiger charge is 2.32. The zero-order chi connectivity index (χ0) is 11.6. The Kier molecular flexibility index (Phi) is 3.93. The molecule has 1 atom stereocenters. The first kappa shape index (κ1) is 13.2. The summed E-state index contributed by atoms with van der Waals surface area (Å²) < 4.78 is 35.2. The van der Waals surface area contributed by atoms with Gasteiger partial charge in [0.1, 0.15) is 6.54 Å². The molecule has 3 nitrogen and oxygen atoms in total. The van der Waals surface area contributed by atoms with Gasteiger partial charge >= 0.3 is 6.18 Å². The first-order valence-corrected chi connectivity index (χ1v) is 4.14. The second-order valence-electron chi connectivity index (χ2n) is 4.18. The molecule has 0 fully saturated rings. The van der Waals surface area contributed by atoms with Gasteiger partial charge in [-0.1, -0.05) is 20.8 Å². The van der Waals surface area contributed by atoms with E-state index in [0.29, 0.717) is 0 Å². The number of rotatable bonds is 2. The quantitative estimate of drug-likeness (QED) is 0.718. The Labute approximate surface area is 80.8 Å². The molecule has 84 valence electrons. The Morgan fingerprint density at radius 1 is 1.36 bits per heavy atom. The molecule has 6 heteroatoms. The highest BCUT2D eigenvalue weighted by atomic mass is 19.4. The van der Waals surface area contributed by atoms with Crippen molar-refractivity contribution in [3.05, 3.63) is 0 Å². The molecule has 3 N–H and O–H groups in total. The van der Waals surface area contributed by atoms with E-state index in [-0.39, 0.29) is 0 Å². The largest absolute Gasteiger partial charge is 0.405 e. The maximum Gasteiger partial charge on any atom is 0.405 e. The van der Waals surface area contributed by atoms with Crippen LogP contribution in [-0.4, -0.2) is 24.7 Å². The average Bonchev–Trinajstić information content (AvgIpc) is 1.95. The molecule has 1 unspecified atom stereocenters. The Morgan fingerprint density at radius 2 is 1.79 bits per heavy atom.